The number of hydrogen-bond donors (Lipinski definition) is 2. The number of nitrogens with two attached hydrogens (primary N) is 1. The van der Waals surface area contributed by atoms with Gasteiger partial charge in [-0.05, 0) is 20.8 Å². The fourth-order valence-corrected chi connectivity index (χ4v) is 0.142. The lowest BCUT2D eigenvalue weighted by atomic mass is 10.6. The van der Waals surface area contributed by atoms with E-state index in [1.807, 2.05) is 26.0 Å². The Balaban J connectivity index is -0.000000147. The SMILES string of the molecule is C=CC(=O)O.CC=CC.CCOC(N)=O. The molecule has 0 saturated carbocycles. The first kappa shape index (κ1) is 18.9. The lowest BCUT2D eigenvalue weighted by Gasteiger charge is -1.89. The van der Waals surface area contributed by atoms with Gasteiger partial charge in [-0.1, -0.05) is 18.7 Å². The molecule has 0 unspecified atom stereocenters. The second-order valence-corrected chi connectivity index (χ2v) is 1.96. The lowest BCUT2D eigenvalue weighted by molar-refractivity contribution is -0.131. The zero-order valence-corrected chi connectivity index (χ0v) is 9.40. The lowest BCUT2D eigenvalue weighted by Crippen LogP contribution is -2.11. The van der Waals surface area contributed by atoms with Crippen molar-refractivity contribution in [1.29, 1.82) is 0 Å². The fourth-order valence-electron chi connectivity index (χ4n) is 0.142. The van der Waals surface area contributed by atoms with Crippen molar-refractivity contribution in [3.8, 4) is 0 Å². The van der Waals surface area contributed by atoms with Crippen LogP contribution < -0.4 is 5.73 Å². The summed E-state index contributed by atoms with van der Waals surface area (Å²) in [5.74, 6) is -0.981. The van der Waals surface area contributed by atoms with Gasteiger partial charge in [0.2, 0.25) is 0 Å². The molecule has 0 rings (SSSR count). The normalized spacial score (nSPS) is 7.67. The van der Waals surface area contributed by atoms with Crippen molar-refractivity contribution in [1.82, 2.24) is 0 Å². The molecule has 3 N–H and O–H groups in total. The minimum absolute atomic E-state index is 0.356. The molecule has 15 heavy (non-hydrogen) atoms. The zero-order chi connectivity index (χ0) is 12.7. The van der Waals surface area contributed by atoms with Crippen LogP contribution in [0.5, 0.6) is 0 Å². The summed E-state index contributed by atoms with van der Waals surface area (Å²) in [6.45, 7) is 9.02. The number of ether oxygens (including phenoxy) is 1. The quantitative estimate of drug-likeness (QED) is 0.546. The van der Waals surface area contributed by atoms with Gasteiger partial charge in [-0.25, -0.2) is 9.59 Å². The average molecular weight is 217 g/mol. The number of carboxylic acid groups (broad SMARTS) is 1. The first-order valence-electron chi connectivity index (χ1n) is 4.31. The highest BCUT2D eigenvalue weighted by atomic mass is 16.5. The third-order valence-corrected chi connectivity index (χ3v) is 0.795. The Bertz CT molecular complexity index is 196. The maximum absolute atomic E-state index is 9.60. The maximum atomic E-state index is 9.60. The summed E-state index contributed by atoms with van der Waals surface area (Å²) in [7, 11) is 0. The highest BCUT2D eigenvalue weighted by Gasteiger charge is 1.82. The van der Waals surface area contributed by atoms with E-state index in [9.17, 15) is 9.59 Å². The van der Waals surface area contributed by atoms with Crippen LogP contribution in [0, 0.1) is 0 Å². The molecular weight excluding hydrogens is 198 g/mol. The molecule has 0 aliphatic carbocycles. The van der Waals surface area contributed by atoms with Crippen LogP contribution in [-0.4, -0.2) is 23.8 Å². The van der Waals surface area contributed by atoms with Gasteiger partial charge in [0.05, 0.1) is 6.61 Å². The van der Waals surface area contributed by atoms with Crippen LogP contribution in [-0.2, 0) is 9.53 Å². The summed E-state index contributed by atoms with van der Waals surface area (Å²) in [4.78, 5) is 18.8. The Morgan fingerprint density at radius 1 is 1.40 bits per heavy atom. The first-order chi connectivity index (χ1) is 6.95. The second-order valence-electron chi connectivity index (χ2n) is 1.96. The van der Waals surface area contributed by atoms with Crippen LogP contribution in [0.1, 0.15) is 20.8 Å². The third-order valence-electron chi connectivity index (χ3n) is 0.795. The van der Waals surface area contributed by atoms with Gasteiger partial charge in [0.1, 0.15) is 0 Å². The van der Waals surface area contributed by atoms with Crippen molar-refractivity contribution in [3.05, 3.63) is 24.8 Å². The average Bonchev–Trinajstić information content (AvgIpc) is 2.19. The van der Waals surface area contributed by atoms with E-state index in [-0.39, 0.29) is 0 Å². The van der Waals surface area contributed by atoms with Crippen LogP contribution >= 0.6 is 0 Å². The fraction of sp³-hybridized carbons (Fsp3) is 0.400. The molecule has 5 nitrogen and oxygen atoms in total. The van der Waals surface area contributed by atoms with Crippen LogP contribution in [0.25, 0.3) is 0 Å². The number of amides is 1. The summed E-state index contributed by atoms with van der Waals surface area (Å²) < 4.78 is 4.18. The number of rotatable bonds is 2. The van der Waals surface area contributed by atoms with Crippen molar-refractivity contribution >= 4 is 12.1 Å². The number of allylic oxidation sites excluding steroid dienone is 2. The van der Waals surface area contributed by atoms with E-state index in [0.29, 0.717) is 6.61 Å². The smallest absolute Gasteiger partial charge is 0.404 e. The van der Waals surface area contributed by atoms with Crippen LogP contribution in [0.4, 0.5) is 4.79 Å². The summed E-state index contributed by atoms with van der Waals surface area (Å²) in [6, 6.07) is 0. The Morgan fingerprint density at radius 3 is 1.73 bits per heavy atom. The highest BCUT2D eigenvalue weighted by Crippen LogP contribution is 1.66. The van der Waals surface area contributed by atoms with E-state index in [0.717, 1.165) is 6.08 Å². The molecule has 0 spiro atoms. The number of aliphatic carboxylic acids is 1. The van der Waals surface area contributed by atoms with Gasteiger partial charge in [-0.3, -0.25) is 0 Å². The first-order valence-corrected chi connectivity index (χ1v) is 4.31. The van der Waals surface area contributed by atoms with Crippen LogP contribution in [0.15, 0.2) is 24.8 Å². The largest absolute Gasteiger partial charge is 0.478 e. The molecular formula is C10H19NO4. The van der Waals surface area contributed by atoms with Gasteiger partial charge in [-0.2, -0.15) is 0 Å². The number of carboxylic acids is 1. The molecule has 0 bridgehead atoms. The van der Waals surface area contributed by atoms with E-state index < -0.39 is 12.1 Å². The summed E-state index contributed by atoms with van der Waals surface area (Å²) in [5, 5.41) is 7.60. The monoisotopic (exact) mass is 217 g/mol. The number of carbonyl (C=O) groups excluding carboxylic acids is 1. The van der Waals surface area contributed by atoms with Gasteiger partial charge in [0.15, 0.2) is 0 Å². The molecule has 1 amide bonds. The molecule has 0 fully saturated rings. The Labute approximate surface area is 90.2 Å². The molecule has 0 heterocycles. The van der Waals surface area contributed by atoms with Crippen molar-refractivity contribution < 1.29 is 19.4 Å². The molecule has 0 aliphatic rings. The van der Waals surface area contributed by atoms with Gasteiger partial charge in [0, 0.05) is 6.08 Å². The topological polar surface area (TPSA) is 89.6 Å². The molecule has 5 heteroatoms. The van der Waals surface area contributed by atoms with Gasteiger partial charge < -0.3 is 15.6 Å². The number of hydrogen-bond acceptors (Lipinski definition) is 3. The van der Waals surface area contributed by atoms with Gasteiger partial charge in [-0.15, -0.1) is 0 Å². The van der Waals surface area contributed by atoms with E-state index in [2.05, 4.69) is 17.0 Å². The van der Waals surface area contributed by atoms with E-state index in [1.165, 1.54) is 0 Å². The predicted molar refractivity (Wildman–Crippen MR) is 59.5 cm³/mol. The standard InChI is InChI=1S/C4H8.C3H7NO2.C3H4O2/c1-3-4-2;1-2-6-3(4)5;1-2-3(4)5/h3-4H,1-2H3;2H2,1H3,(H2,4,5);2H,1H2,(H,4,5). The van der Waals surface area contributed by atoms with E-state index in [1.54, 1.807) is 6.92 Å². The highest BCUT2D eigenvalue weighted by molar-refractivity contribution is 5.78. The van der Waals surface area contributed by atoms with Crippen molar-refractivity contribution in [2.75, 3.05) is 6.61 Å². The Kier molecular flexibility index (Phi) is 22.8. The molecule has 88 valence electrons. The van der Waals surface area contributed by atoms with E-state index >= 15 is 0 Å². The number of carbonyl (C=O) groups is 2. The van der Waals surface area contributed by atoms with Crippen LogP contribution in [0.3, 0.4) is 0 Å². The zero-order valence-electron chi connectivity index (χ0n) is 9.40. The van der Waals surface area contributed by atoms with Crippen molar-refractivity contribution in [2.24, 2.45) is 5.73 Å². The summed E-state index contributed by atoms with van der Waals surface area (Å²) in [5.41, 5.74) is 4.54. The Morgan fingerprint density at radius 2 is 1.73 bits per heavy atom. The van der Waals surface area contributed by atoms with Gasteiger partial charge in [0.25, 0.3) is 0 Å². The molecule has 0 aliphatic heterocycles. The van der Waals surface area contributed by atoms with Gasteiger partial charge >= 0.3 is 12.1 Å². The molecule has 0 saturated heterocycles. The molecule has 0 aromatic heterocycles. The maximum Gasteiger partial charge on any atom is 0.404 e. The van der Waals surface area contributed by atoms with E-state index in [4.69, 9.17) is 5.11 Å². The summed E-state index contributed by atoms with van der Waals surface area (Å²) in [6.07, 6.45) is 4.12. The molecule has 0 atom stereocenters. The minimum atomic E-state index is -0.981. The Hall–Kier alpha value is -1.78. The number of primary amides is 1. The predicted octanol–water partition coefficient (Wildman–Crippen LogP) is 1.94. The van der Waals surface area contributed by atoms with Crippen LogP contribution in [0.2, 0.25) is 0 Å². The van der Waals surface area contributed by atoms with Crippen molar-refractivity contribution in [2.45, 2.75) is 20.8 Å². The third kappa shape index (κ3) is 71.7. The van der Waals surface area contributed by atoms with Crippen molar-refractivity contribution in [3.63, 3.8) is 0 Å². The molecule has 0 aromatic rings. The summed E-state index contributed by atoms with van der Waals surface area (Å²) >= 11 is 0. The minimum Gasteiger partial charge on any atom is -0.478 e. The molecule has 0 radical (unpaired) electrons. The second kappa shape index (κ2) is 18.1. The molecule has 0 aromatic carbocycles.